The highest BCUT2D eigenvalue weighted by Gasteiger charge is 2.35. The van der Waals surface area contributed by atoms with Crippen molar-refractivity contribution >= 4 is 29.0 Å². The molecule has 1 aliphatic carbocycles. The number of carbonyl (C=O) groups excluding carboxylic acids is 1. The second-order valence-electron chi connectivity index (χ2n) is 5.46. The van der Waals surface area contributed by atoms with E-state index in [-0.39, 0.29) is 18.1 Å². The summed E-state index contributed by atoms with van der Waals surface area (Å²) in [6.45, 7) is 0.0552. The lowest BCUT2D eigenvalue weighted by molar-refractivity contribution is 0.0842. The number of aryl methyl sites for hydroxylation is 1. The van der Waals surface area contributed by atoms with E-state index < -0.39 is 0 Å². The topological polar surface area (TPSA) is 49.3 Å². The van der Waals surface area contributed by atoms with E-state index >= 15 is 0 Å². The average molecular weight is 297 g/mol. The van der Waals surface area contributed by atoms with Crippen LogP contribution in [-0.4, -0.2) is 28.9 Å². The highest BCUT2D eigenvalue weighted by atomic mass is 32.2. The van der Waals surface area contributed by atoms with Crippen LogP contribution in [0, 0.1) is 0 Å². The van der Waals surface area contributed by atoms with Crippen molar-refractivity contribution in [2.75, 3.05) is 12.4 Å². The molecule has 0 radical (unpaired) electrons. The summed E-state index contributed by atoms with van der Waals surface area (Å²) < 4.78 is 0. The Kier molecular flexibility index (Phi) is 3.87. The maximum Gasteiger partial charge on any atom is 0.261 e. The largest absolute Gasteiger partial charge is 0.394 e. The molecule has 5 heteroatoms. The Balaban J connectivity index is 1.74. The summed E-state index contributed by atoms with van der Waals surface area (Å²) in [5.41, 5.74) is 0.965. The lowest BCUT2D eigenvalue weighted by atomic mass is 9.99. The number of thioether (sulfide) groups is 1. The van der Waals surface area contributed by atoms with E-state index in [2.05, 4.69) is 5.32 Å². The highest BCUT2D eigenvalue weighted by Crippen LogP contribution is 2.33. The molecule has 2 heterocycles. The van der Waals surface area contributed by atoms with Crippen molar-refractivity contribution in [2.45, 2.75) is 43.4 Å². The van der Waals surface area contributed by atoms with Crippen LogP contribution in [-0.2, 0) is 12.2 Å². The molecule has 0 spiro atoms. The van der Waals surface area contributed by atoms with Crippen molar-refractivity contribution in [3.8, 4) is 0 Å². The fourth-order valence-corrected chi connectivity index (χ4v) is 5.20. The van der Waals surface area contributed by atoms with Gasteiger partial charge in [0.05, 0.1) is 17.0 Å². The summed E-state index contributed by atoms with van der Waals surface area (Å²) in [6.07, 6.45) is 5.08. The molecule has 0 saturated heterocycles. The van der Waals surface area contributed by atoms with Crippen molar-refractivity contribution in [1.29, 1.82) is 0 Å². The third-order valence-electron chi connectivity index (χ3n) is 4.09. The molecule has 1 aromatic heterocycles. The third-order valence-corrected chi connectivity index (χ3v) is 6.34. The van der Waals surface area contributed by atoms with Gasteiger partial charge in [-0.05, 0) is 36.6 Å². The van der Waals surface area contributed by atoms with Crippen LogP contribution in [0.25, 0.3) is 0 Å². The molecule has 1 fully saturated rings. The summed E-state index contributed by atoms with van der Waals surface area (Å²) in [4.78, 5) is 14.5. The summed E-state index contributed by atoms with van der Waals surface area (Å²) >= 11 is 3.56. The summed E-state index contributed by atoms with van der Waals surface area (Å²) in [5, 5.41) is 12.6. The van der Waals surface area contributed by atoms with Gasteiger partial charge in [0.1, 0.15) is 0 Å². The van der Waals surface area contributed by atoms with E-state index in [9.17, 15) is 9.90 Å². The molecule has 2 aliphatic rings. The molecular formula is C14H19NO2S2. The number of thiophene rings is 1. The molecule has 1 aliphatic heterocycles. The van der Waals surface area contributed by atoms with Crippen molar-refractivity contribution in [2.24, 2.45) is 0 Å². The smallest absolute Gasteiger partial charge is 0.261 e. The van der Waals surface area contributed by atoms with Gasteiger partial charge in [-0.2, -0.15) is 11.8 Å². The molecule has 2 N–H and O–H groups in total. The van der Waals surface area contributed by atoms with Crippen LogP contribution in [0.2, 0.25) is 0 Å². The predicted octanol–water partition coefficient (Wildman–Crippen LogP) is 2.57. The Morgan fingerprint density at radius 3 is 2.89 bits per heavy atom. The number of aliphatic hydroxyl groups is 1. The SMILES string of the molecule is O=C(NC1(CO)CCCC1)c1cc2c(s1)CCSC2. The second kappa shape index (κ2) is 5.46. The number of hydrogen-bond donors (Lipinski definition) is 2. The van der Waals surface area contributed by atoms with E-state index in [1.165, 1.54) is 10.4 Å². The number of amides is 1. The maximum atomic E-state index is 12.4. The van der Waals surface area contributed by atoms with E-state index in [4.69, 9.17) is 0 Å². The number of aliphatic hydroxyl groups excluding tert-OH is 1. The van der Waals surface area contributed by atoms with Crippen LogP contribution in [0.15, 0.2) is 6.07 Å². The van der Waals surface area contributed by atoms with Crippen LogP contribution < -0.4 is 5.32 Å². The van der Waals surface area contributed by atoms with Crippen LogP contribution in [0.4, 0.5) is 0 Å². The zero-order chi connectivity index (χ0) is 13.3. The van der Waals surface area contributed by atoms with Crippen LogP contribution in [0.3, 0.4) is 0 Å². The monoisotopic (exact) mass is 297 g/mol. The van der Waals surface area contributed by atoms with Gasteiger partial charge in [-0.15, -0.1) is 11.3 Å². The normalized spacial score (nSPS) is 21.1. The van der Waals surface area contributed by atoms with Crippen LogP contribution in [0.5, 0.6) is 0 Å². The minimum absolute atomic E-state index is 0.000324. The first-order valence-electron chi connectivity index (χ1n) is 6.85. The Hall–Kier alpha value is -0.520. The second-order valence-corrected chi connectivity index (χ2v) is 7.70. The molecule has 1 saturated carbocycles. The maximum absolute atomic E-state index is 12.4. The van der Waals surface area contributed by atoms with E-state index in [0.717, 1.165) is 48.5 Å². The first kappa shape index (κ1) is 13.5. The summed E-state index contributed by atoms with van der Waals surface area (Å²) in [5.74, 6) is 2.19. The third kappa shape index (κ3) is 2.69. The van der Waals surface area contributed by atoms with Gasteiger partial charge < -0.3 is 10.4 Å². The van der Waals surface area contributed by atoms with Gasteiger partial charge >= 0.3 is 0 Å². The Labute approximate surface area is 121 Å². The van der Waals surface area contributed by atoms with Crippen molar-refractivity contribution in [1.82, 2.24) is 5.32 Å². The fourth-order valence-electron chi connectivity index (χ4n) is 2.94. The fraction of sp³-hybridized carbons (Fsp3) is 0.643. The molecule has 1 amide bonds. The van der Waals surface area contributed by atoms with Gasteiger partial charge in [0.2, 0.25) is 0 Å². The van der Waals surface area contributed by atoms with Crippen LogP contribution >= 0.6 is 23.1 Å². The van der Waals surface area contributed by atoms with Gasteiger partial charge in [-0.25, -0.2) is 0 Å². The zero-order valence-corrected chi connectivity index (χ0v) is 12.5. The van der Waals surface area contributed by atoms with Gasteiger partial charge in [0, 0.05) is 10.6 Å². The molecule has 104 valence electrons. The molecule has 0 atom stereocenters. The molecule has 3 nitrogen and oxygen atoms in total. The molecule has 3 rings (SSSR count). The van der Waals surface area contributed by atoms with Gasteiger partial charge in [0.15, 0.2) is 0 Å². The molecule has 1 aromatic rings. The molecule has 0 bridgehead atoms. The molecular weight excluding hydrogens is 278 g/mol. The van der Waals surface area contributed by atoms with Gasteiger partial charge in [0.25, 0.3) is 5.91 Å². The zero-order valence-electron chi connectivity index (χ0n) is 10.9. The van der Waals surface area contributed by atoms with Crippen molar-refractivity contribution < 1.29 is 9.90 Å². The van der Waals surface area contributed by atoms with E-state index in [1.54, 1.807) is 11.3 Å². The highest BCUT2D eigenvalue weighted by molar-refractivity contribution is 7.98. The molecule has 0 aromatic carbocycles. The predicted molar refractivity (Wildman–Crippen MR) is 79.9 cm³/mol. The quantitative estimate of drug-likeness (QED) is 0.901. The number of carbonyl (C=O) groups is 1. The van der Waals surface area contributed by atoms with Gasteiger partial charge in [-0.3, -0.25) is 4.79 Å². The Bertz CT molecular complexity index is 454. The van der Waals surface area contributed by atoms with E-state index in [1.807, 2.05) is 17.8 Å². The first-order valence-corrected chi connectivity index (χ1v) is 8.82. The first-order chi connectivity index (χ1) is 9.22. The molecule has 19 heavy (non-hydrogen) atoms. The lowest BCUT2D eigenvalue weighted by Gasteiger charge is -2.27. The Morgan fingerprint density at radius 1 is 1.42 bits per heavy atom. The van der Waals surface area contributed by atoms with Crippen LogP contribution in [0.1, 0.15) is 45.8 Å². The Morgan fingerprint density at radius 2 is 2.21 bits per heavy atom. The number of rotatable bonds is 3. The minimum atomic E-state index is -0.365. The van der Waals surface area contributed by atoms with Crippen molar-refractivity contribution in [3.05, 3.63) is 21.4 Å². The number of hydrogen-bond acceptors (Lipinski definition) is 4. The van der Waals surface area contributed by atoms with Gasteiger partial charge in [-0.1, -0.05) is 12.8 Å². The van der Waals surface area contributed by atoms with Crippen molar-refractivity contribution in [3.63, 3.8) is 0 Å². The number of fused-ring (bicyclic) bond motifs is 1. The average Bonchev–Trinajstić information content (AvgIpc) is 3.05. The number of nitrogens with one attached hydrogen (secondary N) is 1. The standard InChI is InChI=1S/C14H19NO2S2/c16-9-14(4-1-2-5-14)15-13(17)12-7-10-8-18-6-3-11(10)19-12/h7,16H,1-6,8-9H2,(H,15,17). The summed E-state index contributed by atoms with van der Waals surface area (Å²) in [6, 6.07) is 2.04. The summed E-state index contributed by atoms with van der Waals surface area (Å²) in [7, 11) is 0. The van der Waals surface area contributed by atoms with E-state index in [0.29, 0.717) is 0 Å². The molecule has 0 unspecified atom stereocenters. The minimum Gasteiger partial charge on any atom is -0.394 e. The lowest BCUT2D eigenvalue weighted by Crippen LogP contribution is -2.49.